The number of hydrogen-bond acceptors (Lipinski definition) is 5. The van der Waals surface area contributed by atoms with E-state index in [1.54, 1.807) is 4.90 Å². The van der Waals surface area contributed by atoms with Crippen molar-refractivity contribution in [1.82, 2.24) is 25.1 Å². The van der Waals surface area contributed by atoms with Crippen molar-refractivity contribution >= 4 is 5.91 Å². The van der Waals surface area contributed by atoms with Crippen LogP contribution in [0.5, 0.6) is 0 Å². The van der Waals surface area contributed by atoms with Crippen molar-refractivity contribution in [2.75, 3.05) is 13.2 Å². The highest BCUT2D eigenvalue weighted by molar-refractivity contribution is 5.76. The van der Waals surface area contributed by atoms with E-state index in [0.717, 1.165) is 12.8 Å². The van der Waals surface area contributed by atoms with Gasteiger partial charge in [-0.05, 0) is 23.3 Å². The summed E-state index contributed by atoms with van der Waals surface area (Å²) in [4.78, 5) is 13.8. The molecule has 0 fully saturated rings. The molecule has 17 heavy (non-hydrogen) atoms. The van der Waals surface area contributed by atoms with Gasteiger partial charge in [-0.25, -0.2) is 4.68 Å². The van der Waals surface area contributed by atoms with E-state index < -0.39 is 0 Å². The highest BCUT2D eigenvalue weighted by Crippen LogP contribution is 2.09. The van der Waals surface area contributed by atoms with Crippen molar-refractivity contribution in [3.05, 3.63) is 6.33 Å². The van der Waals surface area contributed by atoms with Crippen molar-refractivity contribution in [3.63, 3.8) is 0 Å². The first-order chi connectivity index (χ1) is 8.22. The fraction of sp³-hybridized carbons (Fsp3) is 0.800. The molecule has 1 N–H and O–H groups in total. The molecule has 0 saturated carbocycles. The van der Waals surface area contributed by atoms with E-state index in [1.165, 1.54) is 11.0 Å². The minimum Gasteiger partial charge on any atom is -0.395 e. The summed E-state index contributed by atoms with van der Waals surface area (Å²) in [7, 11) is 0. The monoisotopic (exact) mass is 241 g/mol. The van der Waals surface area contributed by atoms with Crippen LogP contribution in [0.1, 0.15) is 26.7 Å². The van der Waals surface area contributed by atoms with Gasteiger partial charge in [0.15, 0.2) is 0 Å². The van der Waals surface area contributed by atoms with Crippen molar-refractivity contribution in [2.24, 2.45) is 0 Å². The van der Waals surface area contributed by atoms with E-state index >= 15 is 0 Å². The number of carbonyl (C=O) groups is 1. The van der Waals surface area contributed by atoms with Crippen LogP contribution in [0.3, 0.4) is 0 Å². The molecule has 1 amide bonds. The molecule has 0 atom stereocenters. The van der Waals surface area contributed by atoms with E-state index in [1.807, 2.05) is 13.8 Å². The number of tetrazole rings is 1. The van der Waals surface area contributed by atoms with Crippen LogP contribution < -0.4 is 0 Å². The number of amides is 1. The van der Waals surface area contributed by atoms with Gasteiger partial charge in [0.1, 0.15) is 12.9 Å². The van der Waals surface area contributed by atoms with Crippen LogP contribution in [-0.2, 0) is 11.3 Å². The van der Waals surface area contributed by atoms with Gasteiger partial charge < -0.3 is 10.0 Å². The maximum absolute atomic E-state index is 12.1. The Morgan fingerprint density at radius 3 is 2.65 bits per heavy atom. The second kappa shape index (κ2) is 6.95. The van der Waals surface area contributed by atoms with Crippen LogP contribution in [0, 0.1) is 0 Å². The summed E-state index contributed by atoms with van der Waals surface area (Å²) < 4.78 is 1.38. The van der Waals surface area contributed by atoms with Gasteiger partial charge in [0, 0.05) is 12.6 Å². The molecule has 0 spiro atoms. The zero-order valence-electron chi connectivity index (χ0n) is 10.3. The summed E-state index contributed by atoms with van der Waals surface area (Å²) in [6.45, 7) is 4.50. The van der Waals surface area contributed by atoms with Crippen LogP contribution >= 0.6 is 0 Å². The standard InChI is InChI=1S/C10H19N5O2/c1-3-9(4-2)15(5-6-16)10(17)7-14-8-11-12-13-14/h8-9,16H,3-7H2,1-2H3. The number of carbonyl (C=O) groups excluding carboxylic acids is 1. The Morgan fingerprint density at radius 1 is 1.47 bits per heavy atom. The topological polar surface area (TPSA) is 84.1 Å². The van der Waals surface area contributed by atoms with Gasteiger partial charge in [-0.15, -0.1) is 5.10 Å². The molecule has 96 valence electrons. The Morgan fingerprint density at radius 2 is 2.18 bits per heavy atom. The largest absolute Gasteiger partial charge is 0.395 e. The van der Waals surface area contributed by atoms with E-state index in [2.05, 4.69) is 15.5 Å². The average molecular weight is 241 g/mol. The van der Waals surface area contributed by atoms with E-state index in [4.69, 9.17) is 5.11 Å². The van der Waals surface area contributed by atoms with Crippen LogP contribution in [0.4, 0.5) is 0 Å². The smallest absolute Gasteiger partial charge is 0.244 e. The van der Waals surface area contributed by atoms with E-state index in [-0.39, 0.29) is 25.1 Å². The minimum absolute atomic E-state index is 0.0299. The molecule has 0 aliphatic rings. The lowest BCUT2D eigenvalue weighted by molar-refractivity contribution is -0.135. The average Bonchev–Trinajstić information content (AvgIpc) is 2.82. The quantitative estimate of drug-likeness (QED) is 0.707. The van der Waals surface area contributed by atoms with Crippen LogP contribution in [0.15, 0.2) is 6.33 Å². The van der Waals surface area contributed by atoms with E-state index in [0.29, 0.717) is 6.54 Å². The lowest BCUT2D eigenvalue weighted by Gasteiger charge is -2.29. The Bertz CT molecular complexity index is 323. The molecule has 0 aliphatic heterocycles. The summed E-state index contributed by atoms with van der Waals surface area (Å²) >= 11 is 0. The number of hydrogen-bond donors (Lipinski definition) is 1. The molecule has 0 aromatic carbocycles. The van der Waals surface area contributed by atoms with Gasteiger partial charge >= 0.3 is 0 Å². The van der Waals surface area contributed by atoms with Crippen LogP contribution in [0.25, 0.3) is 0 Å². The van der Waals surface area contributed by atoms with Crippen molar-refractivity contribution in [3.8, 4) is 0 Å². The molecule has 1 rings (SSSR count). The summed E-state index contributed by atoms with van der Waals surface area (Å²) in [5, 5.41) is 19.6. The second-order valence-corrected chi connectivity index (χ2v) is 3.79. The Hall–Kier alpha value is -1.50. The summed E-state index contributed by atoms with van der Waals surface area (Å²) in [5.74, 6) is -0.0694. The summed E-state index contributed by atoms with van der Waals surface area (Å²) in [6, 6.07) is 0.158. The van der Waals surface area contributed by atoms with Gasteiger partial charge in [-0.2, -0.15) is 0 Å². The molecule has 0 saturated heterocycles. The van der Waals surface area contributed by atoms with Crippen LogP contribution in [-0.4, -0.2) is 55.3 Å². The van der Waals surface area contributed by atoms with Gasteiger partial charge in [0.2, 0.25) is 5.91 Å². The van der Waals surface area contributed by atoms with E-state index in [9.17, 15) is 4.79 Å². The lowest BCUT2D eigenvalue weighted by Crippen LogP contribution is -2.43. The highest BCUT2D eigenvalue weighted by Gasteiger charge is 2.20. The summed E-state index contributed by atoms with van der Waals surface area (Å²) in [5.41, 5.74) is 0. The van der Waals surface area contributed by atoms with Crippen molar-refractivity contribution in [1.29, 1.82) is 0 Å². The zero-order valence-corrected chi connectivity index (χ0v) is 10.3. The van der Waals surface area contributed by atoms with Crippen molar-refractivity contribution in [2.45, 2.75) is 39.3 Å². The normalized spacial score (nSPS) is 10.8. The van der Waals surface area contributed by atoms with Gasteiger partial charge in [-0.3, -0.25) is 4.79 Å². The first-order valence-electron chi connectivity index (χ1n) is 5.84. The Labute approximate surface area is 100 Å². The fourth-order valence-electron chi connectivity index (χ4n) is 1.83. The van der Waals surface area contributed by atoms with Gasteiger partial charge in [0.05, 0.1) is 6.61 Å². The predicted molar refractivity (Wildman–Crippen MR) is 61.0 cm³/mol. The molecular weight excluding hydrogens is 222 g/mol. The summed E-state index contributed by atoms with van der Waals surface area (Å²) in [6.07, 6.45) is 3.15. The third-order valence-electron chi connectivity index (χ3n) is 2.73. The molecule has 7 heteroatoms. The Kier molecular flexibility index (Phi) is 5.55. The minimum atomic E-state index is -0.0694. The third-order valence-corrected chi connectivity index (χ3v) is 2.73. The number of aromatic nitrogens is 4. The third kappa shape index (κ3) is 3.77. The van der Waals surface area contributed by atoms with Gasteiger partial charge in [0.25, 0.3) is 0 Å². The van der Waals surface area contributed by atoms with Gasteiger partial charge in [-0.1, -0.05) is 13.8 Å². The maximum Gasteiger partial charge on any atom is 0.244 e. The molecule has 0 aliphatic carbocycles. The predicted octanol–water partition coefficient (Wildman–Crippen LogP) is -0.317. The first-order valence-corrected chi connectivity index (χ1v) is 5.84. The number of nitrogens with zero attached hydrogens (tertiary/aromatic N) is 5. The molecule has 1 aromatic rings. The number of rotatable bonds is 7. The molecule has 0 bridgehead atoms. The first kappa shape index (κ1) is 13.6. The molecule has 1 aromatic heterocycles. The molecule has 0 unspecified atom stereocenters. The highest BCUT2D eigenvalue weighted by atomic mass is 16.3. The fourth-order valence-corrected chi connectivity index (χ4v) is 1.83. The molecular formula is C10H19N5O2. The molecule has 1 heterocycles. The molecule has 0 radical (unpaired) electrons. The lowest BCUT2D eigenvalue weighted by atomic mass is 10.1. The number of aliphatic hydroxyl groups is 1. The zero-order chi connectivity index (χ0) is 12.7. The van der Waals surface area contributed by atoms with Crippen molar-refractivity contribution < 1.29 is 9.90 Å². The number of aliphatic hydroxyl groups excluding tert-OH is 1. The second-order valence-electron chi connectivity index (χ2n) is 3.79. The SMILES string of the molecule is CCC(CC)N(CCO)C(=O)Cn1cnnn1. The Balaban J connectivity index is 2.65. The maximum atomic E-state index is 12.1. The van der Waals surface area contributed by atoms with Crippen LogP contribution in [0.2, 0.25) is 0 Å². The molecule has 7 nitrogen and oxygen atoms in total.